The third kappa shape index (κ3) is 3.62. The number of fused-ring (bicyclic) bond motifs is 1. The molecule has 0 atom stereocenters. The molecule has 0 aliphatic rings. The van der Waals surface area contributed by atoms with Gasteiger partial charge in [-0.2, -0.15) is 0 Å². The molecule has 0 saturated heterocycles. The van der Waals surface area contributed by atoms with Gasteiger partial charge < -0.3 is 4.42 Å². The summed E-state index contributed by atoms with van der Waals surface area (Å²) in [6, 6.07) is 7.48. The number of aryl methyl sites for hydroxylation is 1. The van der Waals surface area contributed by atoms with Crippen LogP contribution in [0.3, 0.4) is 0 Å². The third-order valence-corrected chi connectivity index (χ3v) is 5.05. The van der Waals surface area contributed by atoms with Crippen molar-refractivity contribution in [2.45, 2.75) is 39.7 Å². The fourth-order valence-electron chi connectivity index (χ4n) is 2.54. The maximum atomic E-state index is 12.7. The number of rotatable bonds is 6. The van der Waals surface area contributed by atoms with Gasteiger partial charge in [-0.15, -0.1) is 0 Å². The second-order valence-corrected chi connectivity index (χ2v) is 7.17. The van der Waals surface area contributed by atoms with Gasteiger partial charge in [-0.05, 0) is 43.2 Å². The van der Waals surface area contributed by atoms with E-state index in [0.29, 0.717) is 23.1 Å². The van der Waals surface area contributed by atoms with E-state index in [1.54, 1.807) is 11.2 Å². The van der Waals surface area contributed by atoms with Gasteiger partial charge in [0.25, 0.3) is 0 Å². The second kappa shape index (κ2) is 7.36. The van der Waals surface area contributed by atoms with E-state index in [9.17, 15) is 4.79 Å². The maximum Gasteiger partial charge on any atom is 0.229 e. The van der Waals surface area contributed by atoms with Crippen LogP contribution in [0.1, 0.15) is 37.5 Å². The average molecular weight is 363 g/mol. The Hall–Kier alpha value is -1.85. The van der Waals surface area contributed by atoms with Crippen LogP contribution >= 0.6 is 22.9 Å². The molecular formula is C18H19ClN2O2S. The first-order valence-electron chi connectivity index (χ1n) is 7.98. The van der Waals surface area contributed by atoms with Gasteiger partial charge in [-0.1, -0.05) is 36.3 Å². The van der Waals surface area contributed by atoms with Crippen LogP contribution in [0.4, 0.5) is 5.13 Å². The molecule has 0 unspecified atom stereocenters. The summed E-state index contributed by atoms with van der Waals surface area (Å²) in [7, 11) is 0. The molecule has 0 N–H and O–H groups in total. The molecule has 0 spiro atoms. The molecule has 2 aromatic heterocycles. The van der Waals surface area contributed by atoms with Crippen molar-refractivity contribution >= 4 is 44.2 Å². The van der Waals surface area contributed by atoms with Gasteiger partial charge in [-0.25, -0.2) is 4.98 Å². The van der Waals surface area contributed by atoms with Crippen LogP contribution in [0.5, 0.6) is 0 Å². The molecule has 1 amide bonds. The van der Waals surface area contributed by atoms with E-state index in [1.165, 1.54) is 11.3 Å². The highest BCUT2D eigenvalue weighted by molar-refractivity contribution is 7.22. The Morgan fingerprint density at radius 1 is 1.42 bits per heavy atom. The molecule has 0 aliphatic heterocycles. The number of aromatic nitrogens is 1. The number of nitrogens with zero attached hydrogens (tertiary/aromatic N) is 2. The number of amides is 1. The summed E-state index contributed by atoms with van der Waals surface area (Å²) in [5.41, 5.74) is 1.91. The van der Waals surface area contributed by atoms with Crippen LogP contribution in [0.2, 0.25) is 5.02 Å². The van der Waals surface area contributed by atoms with Crippen molar-refractivity contribution in [3.05, 3.63) is 46.9 Å². The van der Waals surface area contributed by atoms with Crippen LogP contribution < -0.4 is 4.90 Å². The standard InChI is InChI=1S/C18H19ClN2O2S/c1-3-4-7-16(22)21(11-14-6-5-8-23-14)18-20-17-12(2)9-13(19)10-15(17)24-18/h5-6,8-10H,3-4,7,11H2,1-2H3. The van der Waals surface area contributed by atoms with E-state index in [2.05, 4.69) is 11.9 Å². The van der Waals surface area contributed by atoms with Gasteiger partial charge >= 0.3 is 0 Å². The van der Waals surface area contributed by atoms with Crippen LogP contribution in [0.25, 0.3) is 10.2 Å². The molecule has 0 aliphatic carbocycles. The summed E-state index contributed by atoms with van der Waals surface area (Å²) in [6.07, 6.45) is 3.97. The first kappa shape index (κ1) is 17.0. The topological polar surface area (TPSA) is 46.3 Å². The monoisotopic (exact) mass is 362 g/mol. The highest BCUT2D eigenvalue weighted by Gasteiger charge is 2.21. The highest BCUT2D eigenvalue weighted by atomic mass is 35.5. The number of furan rings is 1. The molecule has 24 heavy (non-hydrogen) atoms. The van der Waals surface area contributed by atoms with Gasteiger partial charge in [0.1, 0.15) is 5.76 Å². The van der Waals surface area contributed by atoms with Crippen molar-refractivity contribution in [1.82, 2.24) is 4.98 Å². The number of anilines is 1. The van der Waals surface area contributed by atoms with Gasteiger partial charge in [0.15, 0.2) is 5.13 Å². The number of hydrogen-bond acceptors (Lipinski definition) is 4. The van der Waals surface area contributed by atoms with Gasteiger partial charge in [-0.3, -0.25) is 9.69 Å². The zero-order chi connectivity index (χ0) is 17.1. The molecule has 0 fully saturated rings. The highest BCUT2D eigenvalue weighted by Crippen LogP contribution is 2.34. The van der Waals surface area contributed by atoms with Crippen molar-refractivity contribution in [3.63, 3.8) is 0 Å². The smallest absolute Gasteiger partial charge is 0.229 e. The van der Waals surface area contributed by atoms with Crippen LogP contribution in [-0.4, -0.2) is 10.9 Å². The van der Waals surface area contributed by atoms with Crippen molar-refractivity contribution in [2.24, 2.45) is 0 Å². The number of unbranched alkanes of at least 4 members (excludes halogenated alkanes) is 1. The summed E-state index contributed by atoms with van der Waals surface area (Å²) < 4.78 is 6.41. The summed E-state index contributed by atoms with van der Waals surface area (Å²) >= 11 is 7.63. The molecule has 0 bridgehead atoms. The van der Waals surface area contributed by atoms with Crippen molar-refractivity contribution in [1.29, 1.82) is 0 Å². The number of carbonyl (C=O) groups is 1. The zero-order valence-corrected chi connectivity index (χ0v) is 15.3. The Morgan fingerprint density at radius 2 is 2.25 bits per heavy atom. The Kier molecular flexibility index (Phi) is 5.21. The lowest BCUT2D eigenvalue weighted by atomic mass is 10.2. The van der Waals surface area contributed by atoms with E-state index >= 15 is 0 Å². The lowest BCUT2D eigenvalue weighted by Gasteiger charge is -2.18. The van der Waals surface area contributed by atoms with Crippen LogP contribution in [-0.2, 0) is 11.3 Å². The van der Waals surface area contributed by atoms with Gasteiger partial charge in [0, 0.05) is 11.4 Å². The maximum absolute atomic E-state index is 12.7. The van der Waals surface area contributed by atoms with E-state index in [0.717, 1.165) is 34.4 Å². The van der Waals surface area contributed by atoms with E-state index in [1.807, 2.05) is 31.2 Å². The Balaban J connectivity index is 1.97. The third-order valence-electron chi connectivity index (χ3n) is 3.81. The summed E-state index contributed by atoms with van der Waals surface area (Å²) in [4.78, 5) is 19.1. The Bertz CT molecular complexity index is 842. The molecule has 3 aromatic rings. The second-order valence-electron chi connectivity index (χ2n) is 5.73. The Labute approximate surface area is 150 Å². The molecule has 2 heterocycles. The number of hydrogen-bond donors (Lipinski definition) is 0. The predicted octanol–water partition coefficient (Wildman–Crippen LogP) is 5.57. The molecule has 0 radical (unpaired) electrons. The molecule has 3 rings (SSSR count). The lowest BCUT2D eigenvalue weighted by Crippen LogP contribution is -2.29. The average Bonchev–Trinajstić information content (AvgIpc) is 3.19. The quantitative estimate of drug-likeness (QED) is 0.575. The molecule has 126 valence electrons. The predicted molar refractivity (Wildman–Crippen MR) is 98.8 cm³/mol. The number of carbonyl (C=O) groups excluding carboxylic acids is 1. The largest absolute Gasteiger partial charge is 0.467 e. The fraction of sp³-hybridized carbons (Fsp3) is 0.333. The van der Waals surface area contributed by atoms with Gasteiger partial charge in [0.2, 0.25) is 5.91 Å². The number of benzene rings is 1. The first-order chi connectivity index (χ1) is 11.6. The summed E-state index contributed by atoms with van der Waals surface area (Å²) in [6.45, 7) is 4.45. The molecular weight excluding hydrogens is 344 g/mol. The molecule has 6 heteroatoms. The van der Waals surface area contributed by atoms with Crippen molar-refractivity contribution in [3.8, 4) is 0 Å². The van der Waals surface area contributed by atoms with Crippen LogP contribution in [0, 0.1) is 6.92 Å². The minimum Gasteiger partial charge on any atom is -0.467 e. The summed E-state index contributed by atoms with van der Waals surface area (Å²) in [5.74, 6) is 0.810. The lowest BCUT2D eigenvalue weighted by molar-refractivity contribution is -0.118. The SMILES string of the molecule is CCCCC(=O)N(Cc1ccco1)c1nc2c(C)cc(Cl)cc2s1. The van der Waals surface area contributed by atoms with Crippen molar-refractivity contribution < 1.29 is 9.21 Å². The van der Waals surface area contributed by atoms with E-state index < -0.39 is 0 Å². The zero-order valence-electron chi connectivity index (χ0n) is 13.7. The normalized spacial score (nSPS) is 11.1. The summed E-state index contributed by atoms with van der Waals surface area (Å²) in [5, 5.41) is 1.37. The first-order valence-corrected chi connectivity index (χ1v) is 9.17. The van der Waals surface area contributed by atoms with E-state index in [4.69, 9.17) is 16.0 Å². The van der Waals surface area contributed by atoms with Crippen LogP contribution in [0.15, 0.2) is 34.9 Å². The Morgan fingerprint density at radius 3 is 2.96 bits per heavy atom. The minimum absolute atomic E-state index is 0.0658. The molecule has 4 nitrogen and oxygen atoms in total. The molecule has 0 saturated carbocycles. The molecule has 1 aromatic carbocycles. The van der Waals surface area contributed by atoms with E-state index in [-0.39, 0.29) is 5.91 Å². The van der Waals surface area contributed by atoms with Gasteiger partial charge in [0.05, 0.1) is 23.0 Å². The minimum atomic E-state index is 0.0658. The number of halogens is 1. The fourth-order valence-corrected chi connectivity index (χ4v) is 3.98. The number of thiazole rings is 1. The van der Waals surface area contributed by atoms with Crippen molar-refractivity contribution in [2.75, 3.05) is 4.90 Å².